The number of hydrogen-bond acceptors (Lipinski definition) is 4. The maximum Gasteiger partial charge on any atom is 0.307 e. The molecule has 5 nitrogen and oxygen atoms in total. The van der Waals surface area contributed by atoms with E-state index >= 15 is 0 Å². The predicted octanol–water partition coefficient (Wildman–Crippen LogP) is 0.0340. The van der Waals surface area contributed by atoms with Crippen molar-refractivity contribution in [3.8, 4) is 6.07 Å². The van der Waals surface area contributed by atoms with Gasteiger partial charge in [0.05, 0.1) is 17.7 Å². The normalized spacial score (nSPS) is 15.8. The quantitative estimate of drug-likeness (QED) is 0.698. The van der Waals surface area contributed by atoms with Gasteiger partial charge in [-0.15, -0.1) is 0 Å². The van der Waals surface area contributed by atoms with Gasteiger partial charge in [-0.1, -0.05) is 6.92 Å². The first kappa shape index (κ1) is 11.9. The number of carboxylic acid groups (broad SMARTS) is 1. The number of nitrogens with zero attached hydrogens (tertiary/aromatic N) is 1. The van der Waals surface area contributed by atoms with Crippen molar-refractivity contribution in [3.05, 3.63) is 0 Å². The summed E-state index contributed by atoms with van der Waals surface area (Å²) >= 11 is 0. The standard InChI is InChI=1S/C7H11NO4S/c1-5(7(9)10)4-13(11,12)6(2)3-8/h5-6H,4H2,1-2H3,(H,9,10). The van der Waals surface area contributed by atoms with Gasteiger partial charge in [0.1, 0.15) is 5.25 Å². The van der Waals surface area contributed by atoms with E-state index in [2.05, 4.69) is 0 Å². The van der Waals surface area contributed by atoms with Crippen LogP contribution < -0.4 is 0 Å². The van der Waals surface area contributed by atoms with Crippen molar-refractivity contribution in [3.63, 3.8) is 0 Å². The Balaban J connectivity index is 4.55. The fraction of sp³-hybridized carbons (Fsp3) is 0.714. The van der Waals surface area contributed by atoms with E-state index in [1.807, 2.05) is 0 Å². The van der Waals surface area contributed by atoms with Gasteiger partial charge in [0.15, 0.2) is 9.84 Å². The van der Waals surface area contributed by atoms with Crippen molar-refractivity contribution in [2.75, 3.05) is 5.75 Å². The Morgan fingerprint density at radius 1 is 1.54 bits per heavy atom. The topological polar surface area (TPSA) is 95.2 Å². The predicted molar refractivity (Wildman–Crippen MR) is 45.7 cm³/mol. The molecule has 0 spiro atoms. The summed E-state index contributed by atoms with van der Waals surface area (Å²) in [4.78, 5) is 10.3. The molecule has 1 N–H and O–H groups in total. The molecule has 0 aromatic carbocycles. The first-order valence-electron chi connectivity index (χ1n) is 3.65. The Morgan fingerprint density at radius 3 is 2.31 bits per heavy atom. The van der Waals surface area contributed by atoms with Crippen molar-refractivity contribution in [1.29, 1.82) is 5.26 Å². The highest BCUT2D eigenvalue weighted by Gasteiger charge is 2.26. The van der Waals surface area contributed by atoms with Gasteiger partial charge in [0, 0.05) is 0 Å². The van der Waals surface area contributed by atoms with Crippen molar-refractivity contribution in [2.24, 2.45) is 5.92 Å². The molecule has 0 saturated carbocycles. The minimum atomic E-state index is -3.60. The van der Waals surface area contributed by atoms with Gasteiger partial charge in [-0.05, 0) is 6.92 Å². The molecule has 0 amide bonds. The number of nitriles is 1. The lowest BCUT2D eigenvalue weighted by atomic mass is 10.2. The number of sulfone groups is 1. The molecule has 0 aliphatic heterocycles. The molecular weight excluding hydrogens is 194 g/mol. The van der Waals surface area contributed by atoms with E-state index in [1.165, 1.54) is 13.8 Å². The van der Waals surface area contributed by atoms with E-state index < -0.39 is 32.7 Å². The van der Waals surface area contributed by atoms with Crippen LogP contribution in [0.2, 0.25) is 0 Å². The van der Waals surface area contributed by atoms with Crippen LogP contribution in [0.15, 0.2) is 0 Å². The van der Waals surface area contributed by atoms with Crippen molar-refractivity contribution < 1.29 is 18.3 Å². The average molecular weight is 205 g/mol. The molecule has 13 heavy (non-hydrogen) atoms. The third-order valence-electron chi connectivity index (χ3n) is 1.62. The van der Waals surface area contributed by atoms with Crippen LogP contribution in [-0.2, 0) is 14.6 Å². The second-order valence-corrected chi connectivity index (χ2v) is 5.21. The molecule has 74 valence electrons. The monoisotopic (exact) mass is 205 g/mol. The average Bonchev–Trinajstić information content (AvgIpc) is 2.01. The molecule has 2 unspecified atom stereocenters. The van der Waals surface area contributed by atoms with Gasteiger partial charge < -0.3 is 5.11 Å². The number of hydrogen-bond donors (Lipinski definition) is 1. The van der Waals surface area contributed by atoms with E-state index in [0.29, 0.717) is 0 Å². The molecule has 0 aliphatic rings. The van der Waals surface area contributed by atoms with Gasteiger partial charge in [-0.25, -0.2) is 8.42 Å². The molecule has 0 fully saturated rings. The Labute approximate surface area is 76.9 Å². The summed E-state index contributed by atoms with van der Waals surface area (Å²) in [5, 5.41) is 15.7. The fourth-order valence-electron chi connectivity index (χ4n) is 0.644. The van der Waals surface area contributed by atoms with Gasteiger partial charge in [-0.2, -0.15) is 5.26 Å². The third-order valence-corrected chi connectivity index (χ3v) is 3.77. The molecule has 0 heterocycles. The highest BCUT2D eigenvalue weighted by atomic mass is 32.2. The Hall–Kier alpha value is -1.09. The molecule has 0 aliphatic carbocycles. The third kappa shape index (κ3) is 3.42. The SMILES string of the molecule is CC(CS(=O)(=O)C(C)C#N)C(=O)O. The zero-order chi connectivity index (χ0) is 10.6. The maximum absolute atomic E-state index is 11.2. The zero-order valence-electron chi connectivity index (χ0n) is 7.39. The molecule has 0 rings (SSSR count). The van der Waals surface area contributed by atoms with E-state index in [1.54, 1.807) is 6.07 Å². The minimum Gasteiger partial charge on any atom is -0.481 e. The van der Waals surface area contributed by atoms with Crippen molar-refractivity contribution in [1.82, 2.24) is 0 Å². The molecule has 2 atom stereocenters. The second-order valence-electron chi connectivity index (χ2n) is 2.84. The lowest BCUT2D eigenvalue weighted by Crippen LogP contribution is -2.27. The summed E-state index contributed by atoms with van der Waals surface area (Å²) < 4.78 is 22.4. The Morgan fingerprint density at radius 2 is 2.00 bits per heavy atom. The van der Waals surface area contributed by atoms with Crippen LogP contribution >= 0.6 is 0 Å². The van der Waals surface area contributed by atoms with Gasteiger partial charge >= 0.3 is 5.97 Å². The van der Waals surface area contributed by atoms with Gasteiger partial charge in [0.25, 0.3) is 0 Å². The molecular formula is C7H11NO4S. The summed E-state index contributed by atoms with van der Waals surface area (Å²) in [5.41, 5.74) is 0. The van der Waals surface area contributed by atoms with Crippen LogP contribution in [0, 0.1) is 17.2 Å². The molecule has 0 aromatic heterocycles. The summed E-state index contributed by atoms with van der Waals surface area (Å²) in [6.07, 6.45) is 0. The summed E-state index contributed by atoms with van der Waals surface area (Å²) in [5.74, 6) is -2.63. The van der Waals surface area contributed by atoms with Crippen LogP contribution in [0.5, 0.6) is 0 Å². The first-order valence-corrected chi connectivity index (χ1v) is 5.36. The van der Waals surface area contributed by atoms with E-state index in [4.69, 9.17) is 10.4 Å². The molecule has 0 bridgehead atoms. The van der Waals surface area contributed by atoms with E-state index in [-0.39, 0.29) is 0 Å². The van der Waals surface area contributed by atoms with Crippen LogP contribution in [0.3, 0.4) is 0 Å². The zero-order valence-corrected chi connectivity index (χ0v) is 8.21. The molecule has 0 radical (unpaired) electrons. The second kappa shape index (κ2) is 4.23. The van der Waals surface area contributed by atoms with Crippen molar-refractivity contribution in [2.45, 2.75) is 19.1 Å². The Bertz CT molecular complexity index is 327. The molecule has 0 aromatic rings. The maximum atomic E-state index is 11.2. The minimum absolute atomic E-state index is 0.489. The largest absolute Gasteiger partial charge is 0.481 e. The summed E-state index contributed by atoms with van der Waals surface area (Å²) in [7, 11) is -3.60. The molecule has 0 saturated heterocycles. The number of rotatable bonds is 4. The van der Waals surface area contributed by atoms with Crippen LogP contribution in [0.25, 0.3) is 0 Å². The highest BCUT2D eigenvalue weighted by Crippen LogP contribution is 2.07. The fourth-order valence-corrected chi connectivity index (χ4v) is 1.93. The number of carbonyl (C=O) groups is 1. The van der Waals surface area contributed by atoms with E-state index in [0.717, 1.165) is 0 Å². The smallest absolute Gasteiger partial charge is 0.307 e. The number of carboxylic acids is 1. The lowest BCUT2D eigenvalue weighted by molar-refractivity contribution is -0.140. The number of aliphatic carboxylic acids is 1. The first-order chi connectivity index (χ1) is 5.81. The summed E-state index contributed by atoms with van der Waals surface area (Å²) in [6.45, 7) is 2.54. The molecule has 6 heteroatoms. The lowest BCUT2D eigenvalue weighted by Gasteiger charge is -2.08. The summed E-state index contributed by atoms with van der Waals surface area (Å²) in [6, 6.07) is 1.57. The Kier molecular flexibility index (Phi) is 3.88. The highest BCUT2D eigenvalue weighted by molar-refractivity contribution is 7.92. The van der Waals surface area contributed by atoms with E-state index in [9.17, 15) is 13.2 Å². The van der Waals surface area contributed by atoms with Gasteiger partial charge in [-0.3, -0.25) is 4.79 Å². The van der Waals surface area contributed by atoms with Crippen molar-refractivity contribution >= 4 is 15.8 Å². The van der Waals surface area contributed by atoms with Crippen LogP contribution in [-0.4, -0.2) is 30.5 Å². The van der Waals surface area contributed by atoms with Gasteiger partial charge in [0.2, 0.25) is 0 Å². The van der Waals surface area contributed by atoms with Crippen LogP contribution in [0.4, 0.5) is 0 Å². The van der Waals surface area contributed by atoms with Crippen LogP contribution in [0.1, 0.15) is 13.8 Å².